The molecule has 1 amide bonds. The van der Waals surface area contributed by atoms with E-state index in [1.165, 1.54) is 19.4 Å². The van der Waals surface area contributed by atoms with Gasteiger partial charge in [-0.1, -0.05) is 12.1 Å². The summed E-state index contributed by atoms with van der Waals surface area (Å²) in [5.74, 6) is -0.710. The zero-order valence-electron chi connectivity index (χ0n) is 16.3. The number of nitrogens with zero attached hydrogens (tertiary/aromatic N) is 3. The van der Waals surface area contributed by atoms with Crippen molar-refractivity contribution in [2.75, 3.05) is 36.7 Å². The van der Waals surface area contributed by atoms with Gasteiger partial charge in [-0.3, -0.25) is 4.79 Å². The van der Waals surface area contributed by atoms with Gasteiger partial charge in [0.25, 0.3) is 5.91 Å². The number of hydrogen-bond donors (Lipinski definition) is 2. The summed E-state index contributed by atoms with van der Waals surface area (Å²) in [7, 11) is 5.21. The van der Waals surface area contributed by atoms with E-state index in [2.05, 4.69) is 20.6 Å². The lowest BCUT2D eigenvalue weighted by Crippen LogP contribution is -2.17. The average Bonchev–Trinajstić information content (AvgIpc) is 2.74. The fourth-order valence-corrected chi connectivity index (χ4v) is 2.58. The Bertz CT molecular complexity index is 1020. The molecule has 1 heterocycles. The molecule has 3 rings (SSSR count). The number of ether oxygens (including phenoxy) is 1. The Balaban J connectivity index is 1.76. The van der Waals surface area contributed by atoms with Crippen molar-refractivity contribution in [3.63, 3.8) is 0 Å². The molecular weight excluding hydrogens is 370 g/mol. The topological polar surface area (TPSA) is 96.4 Å². The number of carbonyl (C=O) groups is 2. The molecular formula is C21H21N5O3. The van der Waals surface area contributed by atoms with Crippen LogP contribution in [0.1, 0.15) is 20.8 Å². The van der Waals surface area contributed by atoms with Crippen molar-refractivity contribution < 1.29 is 14.3 Å². The number of amides is 1. The van der Waals surface area contributed by atoms with Gasteiger partial charge in [0.15, 0.2) is 0 Å². The van der Waals surface area contributed by atoms with Crippen LogP contribution in [0.4, 0.5) is 23.0 Å². The van der Waals surface area contributed by atoms with Crippen LogP contribution in [-0.4, -0.2) is 43.0 Å². The van der Waals surface area contributed by atoms with Gasteiger partial charge in [-0.2, -0.15) is 0 Å². The molecule has 29 heavy (non-hydrogen) atoms. The largest absolute Gasteiger partial charge is 0.465 e. The molecule has 0 aliphatic carbocycles. The van der Waals surface area contributed by atoms with Crippen molar-refractivity contribution in [2.45, 2.75) is 0 Å². The van der Waals surface area contributed by atoms with Gasteiger partial charge in [0, 0.05) is 31.7 Å². The summed E-state index contributed by atoms with van der Waals surface area (Å²) in [6, 6.07) is 15.8. The third kappa shape index (κ3) is 4.86. The van der Waals surface area contributed by atoms with Crippen molar-refractivity contribution in [1.82, 2.24) is 9.97 Å². The number of carbonyl (C=O) groups excluding carboxylic acids is 2. The van der Waals surface area contributed by atoms with Crippen molar-refractivity contribution in [3.05, 3.63) is 72.1 Å². The van der Waals surface area contributed by atoms with Gasteiger partial charge in [-0.25, -0.2) is 14.8 Å². The number of rotatable bonds is 6. The van der Waals surface area contributed by atoms with Crippen molar-refractivity contribution in [2.24, 2.45) is 0 Å². The SMILES string of the molecule is COC(=O)c1ccccc1NC(=O)c1ccnc(Nc2ccc(N(C)C)cc2)n1. The highest BCUT2D eigenvalue weighted by Crippen LogP contribution is 2.19. The number of benzene rings is 2. The number of methoxy groups -OCH3 is 1. The van der Waals surface area contributed by atoms with Crippen LogP contribution in [0.3, 0.4) is 0 Å². The molecule has 148 valence electrons. The predicted molar refractivity (Wildman–Crippen MR) is 112 cm³/mol. The Hall–Kier alpha value is -3.94. The maximum atomic E-state index is 12.6. The minimum Gasteiger partial charge on any atom is -0.465 e. The highest BCUT2D eigenvalue weighted by atomic mass is 16.5. The Kier molecular flexibility index (Phi) is 6.03. The quantitative estimate of drug-likeness (QED) is 0.622. The molecule has 0 spiro atoms. The fourth-order valence-electron chi connectivity index (χ4n) is 2.58. The van der Waals surface area contributed by atoms with Gasteiger partial charge in [0.1, 0.15) is 5.69 Å². The van der Waals surface area contributed by atoms with Crippen LogP contribution in [0.2, 0.25) is 0 Å². The Morgan fingerprint density at radius 2 is 1.72 bits per heavy atom. The van der Waals surface area contributed by atoms with Gasteiger partial charge < -0.3 is 20.3 Å². The smallest absolute Gasteiger partial charge is 0.339 e. The monoisotopic (exact) mass is 391 g/mol. The highest BCUT2D eigenvalue weighted by Gasteiger charge is 2.15. The van der Waals surface area contributed by atoms with Gasteiger partial charge in [-0.15, -0.1) is 0 Å². The van der Waals surface area contributed by atoms with E-state index in [4.69, 9.17) is 4.74 Å². The number of nitrogens with one attached hydrogen (secondary N) is 2. The van der Waals surface area contributed by atoms with Crippen LogP contribution in [-0.2, 0) is 4.74 Å². The van der Waals surface area contributed by atoms with Crippen molar-refractivity contribution in [1.29, 1.82) is 0 Å². The molecule has 0 saturated carbocycles. The van der Waals surface area contributed by atoms with E-state index in [1.54, 1.807) is 24.3 Å². The molecule has 0 aliphatic heterocycles. The van der Waals surface area contributed by atoms with Gasteiger partial charge in [0.05, 0.1) is 18.4 Å². The standard InChI is InChI=1S/C21H21N5O3/c1-26(2)15-10-8-14(9-11-15)23-21-22-13-12-18(25-21)19(27)24-17-7-5-4-6-16(17)20(28)29-3/h4-13H,1-3H3,(H,24,27)(H,22,23,25). The summed E-state index contributed by atoms with van der Waals surface area (Å²) in [6.45, 7) is 0. The predicted octanol–water partition coefficient (Wildman–Crippen LogP) is 3.33. The van der Waals surface area contributed by atoms with Crippen LogP contribution < -0.4 is 15.5 Å². The summed E-state index contributed by atoms with van der Waals surface area (Å²) in [5.41, 5.74) is 2.62. The molecule has 0 radical (unpaired) electrons. The van der Waals surface area contributed by atoms with E-state index in [0.29, 0.717) is 5.69 Å². The molecule has 0 atom stereocenters. The third-order valence-electron chi connectivity index (χ3n) is 4.11. The van der Waals surface area contributed by atoms with Crippen molar-refractivity contribution in [3.8, 4) is 0 Å². The first-order chi connectivity index (χ1) is 14.0. The summed E-state index contributed by atoms with van der Waals surface area (Å²) in [4.78, 5) is 34.9. The Morgan fingerprint density at radius 3 is 2.41 bits per heavy atom. The second kappa shape index (κ2) is 8.83. The molecule has 1 aromatic heterocycles. The Labute approximate surface area is 168 Å². The minimum atomic E-state index is -0.535. The highest BCUT2D eigenvalue weighted by molar-refractivity contribution is 6.07. The van der Waals surface area contributed by atoms with Crippen LogP contribution >= 0.6 is 0 Å². The summed E-state index contributed by atoms with van der Waals surface area (Å²) in [6.07, 6.45) is 1.49. The Morgan fingerprint density at radius 1 is 1.00 bits per heavy atom. The molecule has 0 fully saturated rings. The lowest BCUT2D eigenvalue weighted by Gasteiger charge is -2.13. The zero-order valence-corrected chi connectivity index (χ0v) is 16.3. The summed E-state index contributed by atoms with van der Waals surface area (Å²) < 4.78 is 4.74. The lowest BCUT2D eigenvalue weighted by atomic mass is 10.1. The minimum absolute atomic E-state index is 0.159. The molecule has 8 nitrogen and oxygen atoms in total. The molecule has 3 aromatic rings. The summed E-state index contributed by atoms with van der Waals surface area (Å²) >= 11 is 0. The first-order valence-electron chi connectivity index (χ1n) is 8.84. The second-order valence-corrected chi connectivity index (χ2v) is 6.32. The molecule has 8 heteroatoms. The zero-order chi connectivity index (χ0) is 20.8. The van der Waals surface area contributed by atoms with Crippen LogP contribution in [0.15, 0.2) is 60.8 Å². The first kappa shape index (κ1) is 19.8. The molecule has 0 saturated heterocycles. The van der Waals surface area contributed by atoms with E-state index in [1.807, 2.05) is 43.3 Å². The number of para-hydroxylation sites is 1. The van der Waals surface area contributed by atoms with Crippen molar-refractivity contribution >= 4 is 34.9 Å². The van der Waals surface area contributed by atoms with E-state index < -0.39 is 11.9 Å². The number of aromatic nitrogens is 2. The third-order valence-corrected chi connectivity index (χ3v) is 4.11. The van der Waals surface area contributed by atoms with Gasteiger partial charge >= 0.3 is 5.97 Å². The number of anilines is 4. The van der Waals surface area contributed by atoms with E-state index >= 15 is 0 Å². The molecule has 0 bridgehead atoms. The molecule has 2 N–H and O–H groups in total. The molecule has 0 aliphatic rings. The van der Waals surface area contributed by atoms with E-state index in [0.717, 1.165) is 11.4 Å². The maximum Gasteiger partial charge on any atom is 0.339 e. The average molecular weight is 391 g/mol. The van der Waals surface area contributed by atoms with Crippen LogP contribution in [0, 0.1) is 0 Å². The van der Waals surface area contributed by atoms with Crippen LogP contribution in [0.5, 0.6) is 0 Å². The summed E-state index contributed by atoms with van der Waals surface area (Å²) in [5, 5.41) is 5.76. The van der Waals surface area contributed by atoms with E-state index in [9.17, 15) is 9.59 Å². The van der Waals surface area contributed by atoms with Crippen LogP contribution in [0.25, 0.3) is 0 Å². The molecule has 0 unspecified atom stereocenters. The lowest BCUT2D eigenvalue weighted by molar-refractivity contribution is 0.0602. The number of hydrogen-bond acceptors (Lipinski definition) is 7. The van der Waals surface area contributed by atoms with E-state index in [-0.39, 0.29) is 17.2 Å². The normalized spacial score (nSPS) is 10.2. The fraction of sp³-hybridized carbons (Fsp3) is 0.143. The first-order valence-corrected chi connectivity index (χ1v) is 8.84. The van der Waals surface area contributed by atoms with Gasteiger partial charge in [-0.05, 0) is 42.5 Å². The number of esters is 1. The second-order valence-electron chi connectivity index (χ2n) is 6.32. The molecule has 2 aromatic carbocycles. The van der Waals surface area contributed by atoms with Gasteiger partial charge in [0.2, 0.25) is 5.95 Å². The maximum absolute atomic E-state index is 12.6.